The lowest BCUT2D eigenvalue weighted by Gasteiger charge is -2.38. The summed E-state index contributed by atoms with van der Waals surface area (Å²) in [5.41, 5.74) is 8.52. The number of nitrogens with zero attached hydrogens (tertiary/aromatic N) is 3. The van der Waals surface area contributed by atoms with E-state index >= 15 is 0 Å². The van der Waals surface area contributed by atoms with Crippen molar-refractivity contribution >= 4 is 28.6 Å². The molecule has 1 fully saturated rings. The topological polar surface area (TPSA) is 93.5 Å². The first-order valence-corrected chi connectivity index (χ1v) is 6.60. The minimum atomic E-state index is -0.549. The molecule has 17 heavy (non-hydrogen) atoms. The van der Waals surface area contributed by atoms with Crippen LogP contribution in [0.1, 0.15) is 13.3 Å². The van der Waals surface area contributed by atoms with Crippen LogP contribution >= 0.6 is 22.6 Å². The maximum absolute atomic E-state index is 11.0. The van der Waals surface area contributed by atoms with Crippen molar-refractivity contribution in [3.8, 4) is 0 Å². The number of hydrogen-bond acceptors (Lipinski definition) is 5. The predicted octanol–water partition coefficient (Wildman–Crippen LogP) is 1.79. The largest absolute Gasteiger partial charge is 0.459 e. The maximum Gasteiger partial charge on any atom is 0.303 e. The Bertz CT molecular complexity index is 321. The van der Waals surface area contributed by atoms with E-state index in [4.69, 9.17) is 19.7 Å². The third-order valence-electron chi connectivity index (χ3n) is 2.42. The van der Waals surface area contributed by atoms with E-state index in [1.54, 1.807) is 0 Å². The fourth-order valence-corrected chi connectivity index (χ4v) is 2.42. The molecule has 7 nitrogen and oxygen atoms in total. The summed E-state index contributed by atoms with van der Waals surface area (Å²) in [6.07, 6.45) is -0.927. The SMILES string of the molecule is CO[C@@H]1C[C@@H](N=[N+]=[N-])[C@@H](OC(C)=O)[C@@H](CI)O1. The molecule has 0 aliphatic carbocycles. The van der Waals surface area contributed by atoms with Crippen molar-refractivity contribution < 1.29 is 19.0 Å². The number of methoxy groups -OCH3 is 1. The number of ether oxygens (including phenoxy) is 3. The molecule has 0 aromatic carbocycles. The lowest BCUT2D eigenvalue weighted by molar-refractivity contribution is -0.218. The first kappa shape index (κ1) is 14.5. The maximum atomic E-state index is 11.0. The van der Waals surface area contributed by atoms with E-state index in [0.29, 0.717) is 10.8 Å². The Labute approximate surface area is 113 Å². The molecule has 0 aromatic heterocycles. The van der Waals surface area contributed by atoms with Crippen molar-refractivity contribution in [1.82, 2.24) is 0 Å². The molecule has 0 N–H and O–H groups in total. The van der Waals surface area contributed by atoms with Gasteiger partial charge in [0.25, 0.3) is 0 Å². The summed E-state index contributed by atoms with van der Waals surface area (Å²) in [4.78, 5) is 13.8. The molecule has 0 spiro atoms. The predicted molar refractivity (Wildman–Crippen MR) is 67.7 cm³/mol. The van der Waals surface area contributed by atoms with Crippen molar-refractivity contribution in [2.75, 3.05) is 11.5 Å². The van der Waals surface area contributed by atoms with E-state index in [1.165, 1.54) is 14.0 Å². The number of carbonyl (C=O) groups is 1. The van der Waals surface area contributed by atoms with Gasteiger partial charge in [0.15, 0.2) is 6.29 Å². The molecule has 8 heteroatoms. The Hall–Kier alpha value is -0.570. The van der Waals surface area contributed by atoms with Crippen molar-refractivity contribution in [3.63, 3.8) is 0 Å². The monoisotopic (exact) mass is 355 g/mol. The summed E-state index contributed by atoms with van der Waals surface area (Å²) >= 11 is 2.13. The van der Waals surface area contributed by atoms with E-state index < -0.39 is 24.4 Å². The molecular formula is C9H14IN3O4. The number of alkyl halides is 1. The minimum absolute atomic E-state index is 0.325. The number of rotatable bonds is 4. The molecule has 0 saturated carbocycles. The summed E-state index contributed by atoms with van der Waals surface area (Å²) in [7, 11) is 1.52. The van der Waals surface area contributed by atoms with Crippen LogP contribution in [-0.4, -0.2) is 42.0 Å². The number of azide groups is 1. The van der Waals surface area contributed by atoms with Crippen molar-refractivity contribution in [2.24, 2.45) is 5.11 Å². The van der Waals surface area contributed by atoms with E-state index in [9.17, 15) is 4.79 Å². The second-order valence-electron chi connectivity index (χ2n) is 3.58. The normalized spacial score (nSPS) is 32.6. The van der Waals surface area contributed by atoms with Gasteiger partial charge in [-0.05, 0) is 5.53 Å². The quantitative estimate of drug-likeness (QED) is 0.192. The molecule has 1 aliphatic rings. The van der Waals surface area contributed by atoms with Crippen LogP contribution in [-0.2, 0) is 19.0 Å². The summed E-state index contributed by atoms with van der Waals surface area (Å²) in [6, 6.07) is -0.456. The second-order valence-corrected chi connectivity index (χ2v) is 4.46. The highest BCUT2D eigenvalue weighted by Crippen LogP contribution is 2.27. The fraction of sp³-hybridized carbons (Fsp3) is 0.889. The molecule has 4 atom stereocenters. The van der Waals surface area contributed by atoms with Crippen molar-refractivity contribution in [1.29, 1.82) is 0 Å². The Balaban J connectivity index is 2.85. The standard InChI is InChI=1S/C9H14IN3O4/c1-5(14)16-9-6(12-13-11)3-8(15-2)17-7(9)4-10/h6-9H,3-4H2,1-2H3/t6-,7-,8+,9-/m1/s1. The van der Waals surface area contributed by atoms with Crippen molar-refractivity contribution in [3.05, 3.63) is 10.4 Å². The molecule has 0 radical (unpaired) electrons. The van der Waals surface area contributed by atoms with Crippen molar-refractivity contribution in [2.45, 2.75) is 37.9 Å². The number of esters is 1. The van der Waals surface area contributed by atoms with Gasteiger partial charge in [0, 0.05) is 29.8 Å². The average molecular weight is 355 g/mol. The fourth-order valence-electron chi connectivity index (χ4n) is 1.71. The molecule has 96 valence electrons. The van der Waals surface area contributed by atoms with E-state index in [1.807, 2.05) is 0 Å². The van der Waals surface area contributed by atoms with Gasteiger partial charge in [-0.1, -0.05) is 27.7 Å². The number of hydrogen-bond donors (Lipinski definition) is 0. The van der Waals surface area contributed by atoms with Gasteiger partial charge in [-0.2, -0.15) is 0 Å². The van der Waals surface area contributed by atoms with Gasteiger partial charge in [0.2, 0.25) is 0 Å². The molecule has 0 aromatic rings. The minimum Gasteiger partial charge on any atom is -0.459 e. The van der Waals surface area contributed by atoms with E-state index in [-0.39, 0.29) is 6.10 Å². The van der Waals surface area contributed by atoms with Gasteiger partial charge in [-0.25, -0.2) is 0 Å². The first-order valence-electron chi connectivity index (χ1n) is 5.08. The van der Waals surface area contributed by atoms with Gasteiger partial charge in [-0.3, -0.25) is 4.79 Å². The van der Waals surface area contributed by atoms with Crippen LogP contribution in [0.4, 0.5) is 0 Å². The van der Waals surface area contributed by atoms with Crippen LogP contribution in [0.25, 0.3) is 10.4 Å². The Morgan fingerprint density at radius 2 is 2.41 bits per heavy atom. The van der Waals surface area contributed by atoms with E-state index in [2.05, 4.69) is 32.6 Å². The van der Waals surface area contributed by atoms with Crippen LogP contribution < -0.4 is 0 Å². The van der Waals surface area contributed by atoms with Crippen LogP contribution in [0.3, 0.4) is 0 Å². The van der Waals surface area contributed by atoms with Gasteiger partial charge in [0.05, 0.1) is 6.04 Å². The van der Waals surface area contributed by atoms with Gasteiger partial charge in [0.1, 0.15) is 12.2 Å². The zero-order valence-electron chi connectivity index (χ0n) is 9.58. The third kappa shape index (κ3) is 3.98. The van der Waals surface area contributed by atoms with Crippen LogP contribution in [0.2, 0.25) is 0 Å². The van der Waals surface area contributed by atoms with Gasteiger partial charge in [-0.15, -0.1) is 0 Å². The molecule has 1 heterocycles. The number of halogens is 1. The highest BCUT2D eigenvalue weighted by molar-refractivity contribution is 14.1. The average Bonchev–Trinajstić information content (AvgIpc) is 2.30. The van der Waals surface area contributed by atoms with Crippen LogP contribution in [0.5, 0.6) is 0 Å². The summed E-state index contributed by atoms with van der Waals surface area (Å²) in [5, 5.41) is 3.65. The zero-order chi connectivity index (χ0) is 12.8. The number of carbonyl (C=O) groups excluding carboxylic acids is 1. The van der Waals surface area contributed by atoms with Gasteiger partial charge >= 0.3 is 5.97 Å². The molecule has 0 amide bonds. The molecule has 1 aliphatic heterocycles. The Morgan fingerprint density at radius 1 is 1.71 bits per heavy atom. The smallest absolute Gasteiger partial charge is 0.303 e. The highest BCUT2D eigenvalue weighted by atomic mass is 127. The lowest BCUT2D eigenvalue weighted by Crippen LogP contribution is -2.50. The molecular weight excluding hydrogens is 341 g/mol. The van der Waals surface area contributed by atoms with Gasteiger partial charge < -0.3 is 14.2 Å². The molecule has 0 bridgehead atoms. The van der Waals surface area contributed by atoms with E-state index in [0.717, 1.165) is 0 Å². The Morgan fingerprint density at radius 3 is 2.88 bits per heavy atom. The molecule has 0 unspecified atom stereocenters. The highest BCUT2D eigenvalue weighted by Gasteiger charge is 2.40. The van der Waals surface area contributed by atoms with Crippen LogP contribution in [0.15, 0.2) is 5.11 Å². The first-order chi connectivity index (χ1) is 8.12. The molecule has 1 saturated heterocycles. The summed E-state index contributed by atoms with van der Waals surface area (Å²) in [5.74, 6) is -0.414. The summed E-state index contributed by atoms with van der Waals surface area (Å²) in [6.45, 7) is 1.32. The molecule has 1 rings (SSSR count). The third-order valence-corrected chi connectivity index (χ3v) is 3.29. The lowest BCUT2D eigenvalue weighted by atomic mass is 10.0. The van der Waals surface area contributed by atoms with Crippen LogP contribution in [0, 0.1) is 0 Å². The zero-order valence-corrected chi connectivity index (χ0v) is 11.7. The summed E-state index contributed by atoms with van der Waals surface area (Å²) < 4.78 is 16.5. The Kier molecular flexibility index (Phi) is 5.96. The second kappa shape index (κ2) is 7.00.